The van der Waals surface area contributed by atoms with Crippen molar-refractivity contribution in [1.29, 1.82) is 0 Å². The van der Waals surface area contributed by atoms with E-state index in [2.05, 4.69) is 9.88 Å². The Morgan fingerprint density at radius 3 is 2.44 bits per heavy atom. The quantitative estimate of drug-likeness (QED) is 0.826. The number of nitrogens with zero attached hydrogens (tertiary/aromatic N) is 3. The Kier molecular flexibility index (Phi) is 6.09. The summed E-state index contributed by atoms with van der Waals surface area (Å²) in [4.78, 5) is 20.0. The largest absolute Gasteiger partial charge is 0.424 e. The predicted molar refractivity (Wildman–Crippen MR) is 93.4 cm³/mol. The van der Waals surface area contributed by atoms with Gasteiger partial charge in [0.05, 0.1) is 6.42 Å². The molecule has 0 aromatic carbocycles. The summed E-state index contributed by atoms with van der Waals surface area (Å²) < 4.78 is 46.0. The molecule has 1 aromatic rings. The third kappa shape index (κ3) is 4.44. The SMILES string of the molecule is Cc1csc(C(O)(CC(=O)N2CCN(C3CCOCC3)CC2)C(F)(F)F)n1. The van der Waals surface area contributed by atoms with Crippen molar-refractivity contribution in [3.05, 3.63) is 16.1 Å². The minimum atomic E-state index is -4.98. The molecular formula is C17H24F3N3O3S. The number of aryl methyl sites for hydroxylation is 1. The molecule has 1 aromatic heterocycles. The third-order valence-corrected chi connectivity index (χ3v) is 6.33. The van der Waals surface area contributed by atoms with Crippen LogP contribution in [0.4, 0.5) is 13.2 Å². The van der Waals surface area contributed by atoms with Gasteiger partial charge in [0.25, 0.3) is 0 Å². The van der Waals surface area contributed by atoms with Crippen molar-refractivity contribution >= 4 is 17.2 Å². The molecule has 0 spiro atoms. The second-order valence-corrected chi connectivity index (χ2v) is 7.95. The zero-order valence-corrected chi connectivity index (χ0v) is 16.0. The molecule has 2 fully saturated rings. The van der Waals surface area contributed by atoms with Crippen molar-refractivity contribution in [2.75, 3.05) is 39.4 Å². The van der Waals surface area contributed by atoms with Crippen LogP contribution in [0.2, 0.25) is 0 Å². The van der Waals surface area contributed by atoms with Crippen LogP contribution in [0.25, 0.3) is 0 Å². The maximum absolute atomic E-state index is 13.6. The Balaban J connectivity index is 1.63. The Labute approximate surface area is 159 Å². The number of carbonyl (C=O) groups excluding carboxylic acids is 1. The first kappa shape index (κ1) is 20.5. The molecule has 1 unspecified atom stereocenters. The monoisotopic (exact) mass is 407 g/mol. The topological polar surface area (TPSA) is 65.9 Å². The van der Waals surface area contributed by atoms with Crippen LogP contribution < -0.4 is 0 Å². The summed E-state index contributed by atoms with van der Waals surface area (Å²) in [7, 11) is 0. The molecule has 0 radical (unpaired) electrons. The summed E-state index contributed by atoms with van der Waals surface area (Å²) in [5.41, 5.74) is -2.86. The van der Waals surface area contributed by atoms with E-state index in [0.717, 1.165) is 37.4 Å². The molecule has 10 heteroatoms. The van der Waals surface area contributed by atoms with Crippen LogP contribution in [-0.4, -0.2) is 77.4 Å². The lowest BCUT2D eigenvalue weighted by molar-refractivity contribution is -0.268. The number of rotatable bonds is 4. The van der Waals surface area contributed by atoms with E-state index in [-0.39, 0.29) is 0 Å². The van der Waals surface area contributed by atoms with Gasteiger partial charge in [0.1, 0.15) is 5.01 Å². The molecule has 1 atom stereocenters. The Morgan fingerprint density at radius 2 is 1.93 bits per heavy atom. The van der Waals surface area contributed by atoms with Crippen LogP contribution >= 0.6 is 11.3 Å². The molecule has 2 aliphatic rings. The average molecular weight is 407 g/mol. The van der Waals surface area contributed by atoms with Gasteiger partial charge in [0, 0.05) is 56.5 Å². The molecule has 3 rings (SSSR count). The highest BCUT2D eigenvalue weighted by Crippen LogP contribution is 2.43. The summed E-state index contributed by atoms with van der Waals surface area (Å²) >= 11 is 0.719. The fourth-order valence-electron chi connectivity index (χ4n) is 3.56. The smallest absolute Gasteiger partial charge is 0.381 e. The zero-order valence-electron chi connectivity index (χ0n) is 15.2. The number of aliphatic hydroxyl groups is 1. The molecular weight excluding hydrogens is 383 g/mol. The maximum atomic E-state index is 13.6. The highest BCUT2D eigenvalue weighted by molar-refractivity contribution is 7.09. The lowest BCUT2D eigenvalue weighted by atomic mass is 9.98. The van der Waals surface area contributed by atoms with Gasteiger partial charge in [0.15, 0.2) is 0 Å². The first-order chi connectivity index (χ1) is 12.7. The third-order valence-electron chi connectivity index (χ3n) is 5.22. The van der Waals surface area contributed by atoms with Crippen molar-refractivity contribution in [1.82, 2.24) is 14.8 Å². The van der Waals surface area contributed by atoms with Crippen LogP contribution in [0.1, 0.15) is 30.0 Å². The first-order valence-electron chi connectivity index (χ1n) is 9.02. The van der Waals surface area contributed by atoms with Gasteiger partial charge in [-0.25, -0.2) is 4.98 Å². The van der Waals surface area contributed by atoms with E-state index in [1.54, 1.807) is 6.92 Å². The number of hydrogen-bond donors (Lipinski definition) is 1. The maximum Gasteiger partial charge on any atom is 0.424 e. The molecule has 2 aliphatic heterocycles. The lowest BCUT2D eigenvalue weighted by Gasteiger charge is -2.41. The molecule has 0 aliphatic carbocycles. The summed E-state index contributed by atoms with van der Waals surface area (Å²) in [6.45, 7) is 4.95. The molecule has 1 N–H and O–H groups in total. The van der Waals surface area contributed by atoms with Gasteiger partial charge in [-0.3, -0.25) is 9.69 Å². The Hall–Kier alpha value is -1.23. The van der Waals surface area contributed by atoms with Crippen molar-refractivity contribution in [3.63, 3.8) is 0 Å². The first-order valence-corrected chi connectivity index (χ1v) is 9.90. The highest BCUT2D eigenvalue weighted by atomic mass is 32.1. The Bertz CT molecular complexity index is 655. The van der Waals surface area contributed by atoms with Crippen molar-refractivity contribution < 1.29 is 27.8 Å². The van der Waals surface area contributed by atoms with E-state index in [4.69, 9.17) is 4.74 Å². The summed E-state index contributed by atoms with van der Waals surface area (Å²) in [6.07, 6.45) is -4.14. The van der Waals surface area contributed by atoms with Gasteiger partial charge in [-0.05, 0) is 19.8 Å². The summed E-state index contributed by atoms with van der Waals surface area (Å²) in [5, 5.41) is 11.3. The van der Waals surface area contributed by atoms with E-state index in [1.807, 2.05) is 0 Å². The molecule has 27 heavy (non-hydrogen) atoms. The van der Waals surface area contributed by atoms with Gasteiger partial charge in [-0.2, -0.15) is 13.2 Å². The van der Waals surface area contributed by atoms with E-state index < -0.39 is 29.1 Å². The normalized spacial score (nSPS) is 22.6. The lowest BCUT2D eigenvalue weighted by Crippen LogP contribution is -2.54. The van der Waals surface area contributed by atoms with Crippen LogP contribution in [0.5, 0.6) is 0 Å². The predicted octanol–water partition coefficient (Wildman–Crippen LogP) is 1.91. The van der Waals surface area contributed by atoms with Gasteiger partial charge >= 0.3 is 6.18 Å². The zero-order chi connectivity index (χ0) is 19.7. The van der Waals surface area contributed by atoms with E-state index in [0.29, 0.717) is 37.9 Å². The standard InChI is InChI=1S/C17H24F3N3O3S/c1-12-11-27-15(21-12)16(25,17(18,19)20)10-14(24)23-6-4-22(5-7-23)13-2-8-26-9-3-13/h11,13,25H,2-10H2,1H3. The van der Waals surface area contributed by atoms with Gasteiger partial charge in [-0.1, -0.05) is 0 Å². The number of amides is 1. The fraction of sp³-hybridized carbons (Fsp3) is 0.765. The summed E-state index contributed by atoms with van der Waals surface area (Å²) in [6, 6.07) is 0.404. The molecule has 0 saturated carbocycles. The van der Waals surface area contributed by atoms with Crippen LogP contribution in [-0.2, 0) is 15.1 Å². The van der Waals surface area contributed by atoms with Crippen LogP contribution in [0.3, 0.4) is 0 Å². The van der Waals surface area contributed by atoms with Gasteiger partial charge in [-0.15, -0.1) is 11.3 Å². The van der Waals surface area contributed by atoms with Crippen LogP contribution in [0.15, 0.2) is 5.38 Å². The van der Waals surface area contributed by atoms with E-state index >= 15 is 0 Å². The molecule has 1 amide bonds. The highest BCUT2D eigenvalue weighted by Gasteiger charge is 2.58. The number of alkyl halides is 3. The number of piperazine rings is 1. The molecule has 152 valence electrons. The van der Waals surface area contributed by atoms with Gasteiger partial charge in [0.2, 0.25) is 11.5 Å². The van der Waals surface area contributed by atoms with Crippen molar-refractivity contribution in [2.24, 2.45) is 0 Å². The van der Waals surface area contributed by atoms with Crippen molar-refractivity contribution in [2.45, 2.75) is 44.0 Å². The second-order valence-electron chi connectivity index (χ2n) is 7.09. The molecule has 2 saturated heterocycles. The second kappa shape index (κ2) is 8.02. The van der Waals surface area contributed by atoms with Gasteiger partial charge < -0.3 is 14.7 Å². The minimum absolute atomic E-state index is 0.362. The van der Waals surface area contributed by atoms with E-state index in [9.17, 15) is 23.1 Å². The molecule has 3 heterocycles. The number of carbonyl (C=O) groups is 1. The minimum Gasteiger partial charge on any atom is -0.381 e. The van der Waals surface area contributed by atoms with E-state index in [1.165, 1.54) is 10.3 Å². The van der Waals surface area contributed by atoms with Crippen LogP contribution in [0, 0.1) is 6.92 Å². The number of ether oxygens (including phenoxy) is 1. The number of aromatic nitrogens is 1. The fourth-order valence-corrected chi connectivity index (χ4v) is 4.47. The Morgan fingerprint density at radius 1 is 1.30 bits per heavy atom. The number of halogens is 3. The van der Waals surface area contributed by atoms with Crippen molar-refractivity contribution in [3.8, 4) is 0 Å². The number of thiazole rings is 1. The molecule has 0 bridgehead atoms. The number of hydrogen-bond acceptors (Lipinski definition) is 6. The summed E-state index contributed by atoms with van der Waals surface area (Å²) in [5.74, 6) is -0.700. The molecule has 6 nitrogen and oxygen atoms in total. The average Bonchev–Trinajstić information content (AvgIpc) is 3.08.